The average Bonchev–Trinajstić information content (AvgIpc) is 2.74. The van der Waals surface area contributed by atoms with Crippen molar-refractivity contribution >= 4 is 11.8 Å². The number of nitrogens with two attached hydrogens (primary N) is 1. The molecule has 3 atom stereocenters. The van der Waals surface area contributed by atoms with E-state index in [9.17, 15) is 4.79 Å². The number of anilines is 1. The van der Waals surface area contributed by atoms with Gasteiger partial charge in [-0.25, -0.2) is 9.36 Å². The summed E-state index contributed by atoms with van der Waals surface area (Å²) >= 11 is 0. The molecule has 0 amide bonds. The molecule has 0 aliphatic heterocycles. The molecule has 21 heavy (non-hydrogen) atoms. The number of hydrogen-bond acceptors (Lipinski definition) is 3. The Morgan fingerprint density at radius 3 is 2.76 bits per heavy atom. The Morgan fingerprint density at radius 1 is 1.43 bits per heavy atom. The maximum absolute atomic E-state index is 12.3. The zero-order valence-corrected chi connectivity index (χ0v) is 13.1. The summed E-state index contributed by atoms with van der Waals surface area (Å²) in [7, 11) is 0. The third-order valence-electron chi connectivity index (χ3n) is 6.26. The van der Waals surface area contributed by atoms with Gasteiger partial charge in [-0.3, -0.25) is 5.73 Å². The van der Waals surface area contributed by atoms with E-state index >= 15 is 0 Å². The molecule has 1 heterocycles. The fourth-order valence-electron chi connectivity index (χ4n) is 4.28. The van der Waals surface area contributed by atoms with Crippen LogP contribution in [0.2, 0.25) is 0 Å². The summed E-state index contributed by atoms with van der Waals surface area (Å²) in [5.74, 6) is 1.07. The molecule has 2 saturated carbocycles. The lowest BCUT2D eigenvalue weighted by Crippen LogP contribution is -2.44. The Bertz CT molecular complexity index is 570. The van der Waals surface area contributed by atoms with E-state index in [1.807, 2.05) is 18.3 Å². The number of fused-ring (bicyclic) bond motifs is 2. The zero-order chi connectivity index (χ0) is 15.3. The Hall–Kier alpha value is -1.58. The first kappa shape index (κ1) is 14.4. The molecule has 1 aromatic heterocycles. The summed E-state index contributed by atoms with van der Waals surface area (Å²) in [4.78, 5) is 12.3. The third kappa shape index (κ3) is 2.12. The van der Waals surface area contributed by atoms with Gasteiger partial charge in [-0.15, -0.1) is 0 Å². The average molecular weight is 289 g/mol. The van der Waals surface area contributed by atoms with E-state index in [2.05, 4.69) is 20.8 Å². The molecule has 0 saturated heterocycles. The van der Waals surface area contributed by atoms with Crippen LogP contribution < -0.4 is 10.3 Å². The summed E-state index contributed by atoms with van der Waals surface area (Å²) < 4.78 is 7.55. The summed E-state index contributed by atoms with van der Waals surface area (Å²) in [5, 5.41) is 0. The molecule has 114 valence electrons. The van der Waals surface area contributed by atoms with Crippen molar-refractivity contribution in [3.05, 3.63) is 24.4 Å². The van der Waals surface area contributed by atoms with Crippen LogP contribution in [0.4, 0.5) is 5.82 Å². The van der Waals surface area contributed by atoms with Gasteiger partial charge in [0.15, 0.2) is 6.54 Å². The number of aromatic nitrogens is 1. The van der Waals surface area contributed by atoms with Gasteiger partial charge in [0.05, 0.1) is 6.20 Å². The van der Waals surface area contributed by atoms with Crippen LogP contribution in [-0.4, -0.2) is 12.1 Å². The molecule has 0 aromatic carbocycles. The topological polar surface area (TPSA) is 56.2 Å². The van der Waals surface area contributed by atoms with E-state index in [1.165, 1.54) is 6.42 Å². The van der Waals surface area contributed by atoms with Crippen molar-refractivity contribution in [3.63, 3.8) is 0 Å². The molecule has 2 aliphatic carbocycles. The number of nitrogen functional groups attached to an aromatic ring is 1. The number of esters is 1. The van der Waals surface area contributed by atoms with Crippen molar-refractivity contribution in [2.75, 3.05) is 5.73 Å². The first-order chi connectivity index (χ1) is 9.84. The Balaban J connectivity index is 1.68. The standard InChI is InChI=1S/C17H24N2O2/c1-16(2)12-7-8-17(16,3)13(10-12)21-15(20)11-19-9-5-4-6-14(19)18/h4-6,9,12-13,18H,7-8,10-11H2,1-3H3/p+1. The highest BCUT2D eigenvalue weighted by Crippen LogP contribution is 2.66. The van der Waals surface area contributed by atoms with Crippen LogP contribution in [0.15, 0.2) is 24.4 Å². The van der Waals surface area contributed by atoms with Crippen LogP contribution in [0.25, 0.3) is 0 Å². The van der Waals surface area contributed by atoms with Gasteiger partial charge in [0, 0.05) is 11.5 Å². The van der Waals surface area contributed by atoms with Crippen molar-refractivity contribution < 1.29 is 14.1 Å². The van der Waals surface area contributed by atoms with E-state index in [-0.39, 0.29) is 29.4 Å². The first-order valence-corrected chi connectivity index (χ1v) is 7.78. The van der Waals surface area contributed by atoms with E-state index < -0.39 is 0 Å². The number of rotatable bonds is 3. The molecular weight excluding hydrogens is 264 g/mol. The van der Waals surface area contributed by atoms with Gasteiger partial charge in [-0.2, -0.15) is 0 Å². The zero-order valence-electron chi connectivity index (χ0n) is 13.1. The van der Waals surface area contributed by atoms with Crippen LogP contribution in [-0.2, 0) is 16.1 Å². The second-order valence-electron chi connectivity index (χ2n) is 7.34. The number of carbonyl (C=O) groups is 1. The molecule has 2 aliphatic rings. The molecule has 3 rings (SSSR count). The Labute approximate surface area is 126 Å². The summed E-state index contributed by atoms with van der Waals surface area (Å²) in [6.07, 6.45) is 5.28. The second-order valence-corrected chi connectivity index (χ2v) is 7.34. The minimum Gasteiger partial charge on any atom is -0.459 e. The molecule has 0 radical (unpaired) electrons. The minimum atomic E-state index is -0.188. The minimum absolute atomic E-state index is 0.0456. The molecule has 2 bridgehead atoms. The molecule has 2 N–H and O–H groups in total. The van der Waals surface area contributed by atoms with E-state index in [4.69, 9.17) is 10.5 Å². The lowest BCUT2D eigenvalue weighted by atomic mass is 9.70. The van der Waals surface area contributed by atoms with E-state index in [1.54, 1.807) is 10.6 Å². The van der Waals surface area contributed by atoms with Crippen LogP contribution in [0.5, 0.6) is 0 Å². The third-order valence-corrected chi connectivity index (χ3v) is 6.26. The highest BCUT2D eigenvalue weighted by molar-refractivity contribution is 5.68. The lowest BCUT2D eigenvalue weighted by molar-refractivity contribution is -0.671. The number of hydrogen-bond donors (Lipinski definition) is 1. The molecule has 0 spiro atoms. The first-order valence-electron chi connectivity index (χ1n) is 7.78. The van der Waals surface area contributed by atoms with Crippen LogP contribution >= 0.6 is 0 Å². The monoisotopic (exact) mass is 289 g/mol. The number of ether oxygens (including phenoxy) is 1. The number of nitrogens with zero attached hydrogens (tertiary/aromatic N) is 1. The predicted octanol–water partition coefficient (Wildman–Crippen LogP) is 2.31. The predicted molar refractivity (Wildman–Crippen MR) is 80.2 cm³/mol. The van der Waals surface area contributed by atoms with Gasteiger partial charge in [0.25, 0.3) is 5.82 Å². The van der Waals surface area contributed by atoms with Gasteiger partial charge in [-0.1, -0.05) is 26.8 Å². The maximum atomic E-state index is 12.3. The highest BCUT2D eigenvalue weighted by atomic mass is 16.5. The van der Waals surface area contributed by atoms with Gasteiger partial charge in [0.1, 0.15) is 6.10 Å². The van der Waals surface area contributed by atoms with Crippen LogP contribution in [0.3, 0.4) is 0 Å². The molecule has 4 nitrogen and oxygen atoms in total. The SMILES string of the molecule is CC1(C)C2CCC1(C)C(OC(=O)C[n+]1ccccc1N)C2. The molecule has 3 unspecified atom stereocenters. The van der Waals surface area contributed by atoms with Gasteiger partial charge >= 0.3 is 5.97 Å². The van der Waals surface area contributed by atoms with E-state index in [0.29, 0.717) is 11.7 Å². The Kier molecular flexibility index (Phi) is 3.23. The molecular formula is C17H25N2O2+. The van der Waals surface area contributed by atoms with Crippen molar-refractivity contribution in [2.45, 2.75) is 52.7 Å². The summed E-state index contributed by atoms with van der Waals surface area (Å²) in [5.41, 5.74) is 6.23. The van der Waals surface area contributed by atoms with Crippen LogP contribution in [0, 0.1) is 16.7 Å². The number of carbonyl (C=O) groups excluding carboxylic acids is 1. The molecule has 1 aromatic rings. The summed E-state index contributed by atoms with van der Waals surface area (Å²) in [6.45, 7) is 7.11. The van der Waals surface area contributed by atoms with Crippen molar-refractivity contribution in [1.29, 1.82) is 0 Å². The van der Waals surface area contributed by atoms with Crippen molar-refractivity contribution in [2.24, 2.45) is 16.7 Å². The van der Waals surface area contributed by atoms with E-state index in [0.717, 1.165) is 12.8 Å². The van der Waals surface area contributed by atoms with Crippen LogP contribution in [0.1, 0.15) is 40.0 Å². The lowest BCUT2D eigenvalue weighted by Gasteiger charge is -2.38. The molecule has 2 fully saturated rings. The smallest absolute Gasteiger partial charge is 0.348 e. The Morgan fingerprint density at radius 2 is 2.19 bits per heavy atom. The quantitative estimate of drug-likeness (QED) is 0.686. The second kappa shape index (κ2) is 4.72. The fourth-order valence-corrected chi connectivity index (χ4v) is 4.28. The maximum Gasteiger partial charge on any atom is 0.348 e. The van der Waals surface area contributed by atoms with Gasteiger partial charge in [-0.05, 0) is 36.7 Å². The van der Waals surface area contributed by atoms with Gasteiger partial charge in [0.2, 0.25) is 0 Å². The summed E-state index contributed by atoms with van der Waals surface area (Å²) in [6, 6.07) is 5.51. The number of pyridine rings is 1. The normalized spacial score (nSPS) is 33.1. The molecule has 4 heteroatoms. The van der Waals surface area contributed by atoms with Gasteiger partial charge < -0.3 is 4.74 Å². The van der Waals surface area contributed by atoms with Crippen molar-refractivity contribution in [1.82, 2.24) is 0 Å². The fraction of sp³-hybridized carbons (Fsp3) is 0.647. The largest absolute Gasteiger partial charge is 0.459 e. The van der Waals surface area contributed by atoms with Crippen molar-refractivity contribution in [3.8, 4) is 0 Å². The highest BCUT2D eigenvalue weighted by Gasteiger charge is 2.62.